The van der Waals surface area contributed by atoms with Crippen LogP contribution in [0.5, 0.6) is 0 Å². The molecule has 0 spiro atoms. The van der Waals surface area contributed by atoms with Gasteiger partial charge in [0.1, 0.15) is 0 Å². The van der Waals surface area contributed by atoms with E-state index in [-0.39, 0.29) is 0 Å². The number of nitrogens with one attached hydrogen (secondary N) is 2. The molecule has 32 heavy (non-hydrogen) atoms. The molecular weight excluding hydrogens is 394 g/mol. The highest BCUT2D eigenvalue weighted by atomic mass is 16.5. The van der Waals surface area contributed by atoms with Crippen LogP contribution in [0.4, 0.5) is 0 Å². The van der Waals surface area contributed by atoms with Crippen LogP contribution < -0.4 is 10.6 Å². The topological polar surface area (TPSA) is 36.5 Å². The Morgan fingerprint density at radius 2 is 1.47 bits per heavy atom. The molecule has 2 N–H and O–H groups in total. The van der Waals surface area contributed by atoms with Crippen molar-refractivity contribution in [2.45, 2.75) is 104 Å². The number of rotatable bonds is 10. The number of piperidine rings is 1. The minimum absolute atomic E-state index is 0.506. The Morgan fingerprint density at radius 1 is 0.844 bits per heavy atom. The van der Waals surface area contributed by atoms with Gasteiger partial charge in [0.15, 0.2) is 0 Å². The van der Waals surface area contributed by atoms with Crippen molar-refractivity contribution in [2.75, 3.05) is 45.8 Å². The number of piperazine rings is 1. The molecule has 4 rings (SSSR count). The first-order chi connectivity index (χ1) is 15.5. The van der Waals surface area contributed by atoms with Gasteiger partial charge in [-0.3, -0.25) is 0 Å². The van der Waals surface area contributed by atoms with Gasteiger partial charge in [0, 0.05) is 32.7 Å². The SMILES string of the molecule is C[C@H](CCC(C)(C)CC1CCC(OC2CCNCC2)CC1)C1CC(CN2CCNCC2)C1. The summed E-state index contributed by atoms with van der Waals surface area (Å²) in [6.45, 7) is 16.2. The molecule has 0 radical (unpaired) electrons. The molecule has 0 amide bonds. The lowest BCUT2D eigenvalue weighted by atomic mass is 9.66. The van der Waals surface area contributed by atoms with Crippen molar-refractivity contribution in [3.8, 4) is 0 Å². The van der Waals surface area contributed by atoms with Crippen molar-refractivity contribution in [3.05, 3.63) is 0 Å². The molecule has 0 aromatic heterocycles. The number of hydrogen-bond donors (Lipinski definition) is 2. The van der Waals surface area contributed by atoms with E-state index in [1.807, 2.05) is 0 Å². The van der Waals surface area contributed by atoms with Crippen LogP contribution in [0.2, 0.25) is 0 Å². The highest BCUT2D eigenvalue weighted by Crippen LogP contribution is 2.44. The van der Waals surface area contributed by atoms with Gasteiger partial charge in [-0.25, -0.2) is 0 Å². The summed E-state index contributed by atoms with van der Waals surface area (Å²) in [5.74, 6) is 3.83. The average Bonchev–Trinajstić information content (AvgIpc) is 2.77. The zero-order valence-electron chi connectivity index (χ0n) is 21.5. The Morgan fingerprint density at radius 3 is 2.16 bits per heavy atom. The van der Waals surface area contributed by atoms with Gasteiger partial charge in [-0.05, 0) is 113 Å². The van der Waals surface area contributed by atoms with E-state index in [0.717, 1.165) is 36.8 Å². The first-order valence-electron chi connectivity index (χ1n) is 14.3. The van der Waals surface area contributed by atoms with Gasteiger partial charge in [0.05, 0.1) is 12.2 Å². The van der Waals surface area contributed by atoms with Crippen molar-refractivity contribution in [2.24, 2.45) is 29.1 Å². The normalized spacial score (nSPS) is 34.2. The smallest absolute Gasteiger partial charge is 0.0603 e. The first-order valence-corrected chi connectivity index (χ1v) is 14.3. The molecule has 4 aliphatic rings. The lowest BCUT2D eigenvalue weighted by molar-refractivity contribution is -0.0504. The molecule has 2 saturated heterocycles. The number of ether oxygens (including phenoxy) is 1. The maximum absolute atomic E-state index is 6.45. The quantitative estimate of drug-likeness (QED) is 0.490. The number of nitrogens with zero attached hydrogens (tertiary/aromatic N) is 1. The maximum Gasteiger partial charge on any atom is 0.0603 e. The fraction of sp³-hybridized carbons (Fsp3) is 1.00. The zero-order chi connectivity index (χ0) is 22.4. The van der Waals surface area contributed by atoms with Crippen LogP contribution in [0.25, 0.3) is 0 Å². The lowest BCUT2D eigenvalue weighted by Crippen LogP contribution is -2.47. The van der Waals surface area contributed by atoms with E-state index in [1.54, 1.807) is 0 Å². The summed E-state index contributed by atoms with van der Waals surface area (Å²) in [5, 5.41) is 6.93. The van der Waals surface area contributed by atoms with E-state index in [0.29, 0.717) is 17.6 Å². The molecule has 1 atom stereocenters. The van der Waals surface area contributed by atoms with Gasteiger partial charge in [-0.1, -0.05) is 20.8 Å². The minimum Gasteiger partial charge on any atom is -0.375 e. The van der Waals surface area contributed by atoms with E-state index in [9.17, 15) is 0 Å². The molecule has 0 bridgehead atoms. The molecule has 2 saturated carbocycles. The minimum atomic E-state index is 0.506. The fourth-order valence-corrected chi connectivity index (χ4v) is 7.07. The summed E-state index contributed by atoms with van der Waals surface area (Å²) in [4.78, 5) is 2.69. The Balaban J connectivity index is 1.08. The second kappa shape index (κ2) is 12.0. The third kappa shape index (κ3) is 7.68. The molecule has 2 aliphatic carbocycles. The monoisotopic (exact) mass is 447 g/mol. The summed E-state index contributed by atoms with van der Waals surface area (Å²) < 4.78 is 6.45. The van der Waals surface area contributed by atoms with Gasteiger partial charge in [0.25, 0.3) is 0 Å². The van der Waals surface area contributed by atoms with E-state index in [2.05, 4.69) is 36.3 Å². The standard InChI is InChI=1S/C28H53N3O/c1-22(25-18-24(19-25)21-31-16-14-30-15-17-31)8-11-28(2,3)20-23-4-6-26(7-5-23)32-27-9-12-29-13-10-27/h22-27,29-30H,4-21H2,1-3H3/t22-,23?,24?,25?,26?/m1/s1. The molecule has 0 aromatic rings. The Hall–Kier alpha value is -0.160. The molecule has 2 aliphatic heterocycles. The van der Waals surface area contributed by atoms with Crippen LogP contribution >= 0.6 is 0 Å². The van der Waals surface area contributed by atoms with Crippen LogP contribution in [-0.4, -0.2) is 62.9 Å². The predicted octanol–water partition coefficient (Wildman–Crippen LogP) is 5.08. The summed E-state index contributed by atoms with van der Waals surface area (Å²) in [7, 11) is 0. The van der Waals surface area contributed by atoms with E-state index in [1.165, 1.54) is 103 Å². The van der Waals surface area contributed by atoms with Gasteiger partial charge in [-0.15, -0.1) is 0 Å². The molecule has 186 valence electrons. The average molecular weight is 448 g/mol. The summed E-state index contributed by atoms with van der Waals surface area (Å²) in [6, 6.07) is 0. The third-order valence-electron chi connectivity index (χ3n) is 9.39. The summed E-state index contributed by atoms with van der Waals surface area (Å²) >= 11 is 0. The fourth-order valence-electron chi connectivity index (χ4n) is 7.07. The second-order valence-electron chi connectivity index (χ2n) is 12.8. The Labute approximate surface area is 199 Å². The third-order valence-corrected chi connectivity index (χ3v) is 9.39. The van der Waals surface area contributed by atoms with Gasteiger partial charge in [0.2, 0.25) is 0 Å². The van der Waals surface area contributed by atoms with E-state index >= 15 is 0 Å². The van der Waals surface area contributed by atoms with Crippen LogP contribution in [0, 0.1) is 29.1 Å². The molecule has 4 fully saturated rings. The molecule has 2 heterocycles. The van der Waals surface area contributed by atoms with Gasteiger partial charge < -0.3 is 20.3 Å². The molecular formula is C28H53N3O. The first kappa shape index (κ1) is 24.9. The molecule has 4 heteroatoms. The van der Waals surface area contributed by atoms with Crippen LogP contribution in [-0.2, 0) is 4.74 Å². The molecule has 0 aromatic carbocycles. The zero-order valence-corrected chi connectivity index (χ0v) is 21.5. The number of hydrogen-bond acceptors (Lipinski definition) is 4. The van der Waals surface area contributed by atoms with Crippen LogP contribution in [0.15, 0.2) is 0 Å². The molecule has 0 unspecified atom stereocenters. The van der Waals surface area contributed by atoms with Crippen molar-refractivity contribution in [3.63, 3.8) is 0 Å². The predicted molar refractivity (Wildman–Crippen MR) is 135 cm³/mol. The summed E-state index contributed by atoms with van der Waals surface area (Å²) in [5.41, 5.74) is 0.506. The highest BCUT2D eigenvalue weighted by molar-refractivity contribution is 4.87. The van der Waals surface area contributed by atoms with Gasteiger partial charge >= 0.3 is 0 Å². The Bertz CT molecular complexity index is 527. The van der Waals surface area contributed by atoms with E-state index in [4.69, 9.17) is 4.74 Å². The maximum atomic E-state index is 6.45. The van der Waals surface area contributed by atoms with Crippen molar-refractivity contribution < 1.29 is 4.74 Å². The second-order valence-corrected chi connectivity index (χ2v) is 12.8. The molecule has 4 nitrogen and oxygen atoms in total. The van der Waals surface area contributed by atoms with Crippen molar-refractivity contribution >= 4 is 0 Å². The van der Waals surface area contributed by atoms with Crippen LogP contribution in [0.3, 0.4) is 0 Å². The highest BCUT2D eigenvalue weighted by Gasteiger charge is 2.35. The van der Waals surface area contributed by atoms with E-state index < -0.39 is 0 Å². The van der Waals surface area contributed by atoms with Gasteiger partial charge in [-0.2, -0.15) is 0 Å². The largest absolute Gasteiger partial charge is 0.375 e. The van der Waals surface area contributed by atoms with Crippen LogP contribution in [0.1, 0.15) is 91.4 Å². The Kier molecular flexibility index (Phi) is 9.35. The van der Waals surface area contributed by atoms with Crippen molar-refractivity contribution in [1.29, 1.82) is 0 Å². The summed E-state index contributed by atoms with van der Waals surface area (Å²) in [6.07, 6.45) is 16.2. The van der Waals surface area contributed by atoms with Crippen molar-refractivity contribution in [1.82, 2.24) is 15.5 Å². The lowest BCUT2D eigenvalue weighted by Gasteiger charge is -2.43.